The number of alkyl halides is 1. The fraction of sp³-hybridized carbons (Fsp3) is 0.786. The number of ether oxygens (including phenoxy) is 1. The van der Waals surface area contributed by atoms with Gasteiger partial charge >= 0.3 is 0 Å². The first kappa shape index (κ1) is 15.2. The highest BCUT2D eigenvalue weighted by atomic mass is 35.5. The number of aryl methyl sites for hydroxylation is 1. The van der Waals surface area contributed by atoms with Gasteiger partial charge in [-0.3, -0.25) is 4.90 Å². The van der Waals surface area contributed by atoms with Gasteiger partial charge in [-0.2, -0.15) is 0 Å². The summed E-state index contributed by atoms with van der Waals surface area (Å²) in [5, 5.41) is 3.29. The Morgan fingerprint density at radius 1 is 1.53 bits per heavy atom. The van der Waals surface area contributed by atoms with Crippen molar-refractivity contribution < 1.29 is 4.74 Å². The van der Waals surface area contributed by atoms with Gasteiger partial charge in [0.25, 0.3) is 0 Å². The molecule has 1 aliphatic rings. The first-order valence-electron chi connectivity index (χ1n) is 7.15. The molecule has 3 nitrogen and oxygen atoms in total. The minimum atomic E-state index is 0.444. The van der Waals surface area contributed by atoms with Crippen molar-refractivity contribution in [3.63, 3.8) is 0 Å². The summed E-state index contributed by atoms with van der Waals surface area (Å²) in [5.74, 6) is 0.530. The Hall–Kier alpha value is -0.160. The lowest BCUT2D eigenvalue weighted by molar-refractivity contribution is -0.0299. The topological polar surface area (TPSA) is 25.4 Å². The zero-order chi connectivity index (χ0) is 13.5. The van der Waals surface area contributed by atoms with Gasteiger partial charge in [0.1, 0.15) is 0 Å². The molecule has 1 atom stereocenters. The lowest BCUT2D eigenvalue weighted by Crippen LogP contribution is -2.42. The molecule has 5 heteroatoms. The van der Waals surface area contributed by atoms with Crippen LogP contribution < -0.4 is 0 Å². The third-order valence-corrected chi connectivity index (χ3v) is 4.76. The van der Waals surface area contributed by atoms with Crippen LogP contribution in [0, 0.1) is 0 Å². The molecule has 1 aromatic heterocycles. The Labute approximate surface area is 124 Å². The number of thiazole rings is 1. The Morgan fingerprint density at radius 2 is 2.42 bits per heavy atom. The molecule has 0 spiro atoms. The number of rotatable bonds is 7. The lowest BCUT2D eigenvalue weighted by Gasteiger charge is -2.32. The van der Waals surface area contributed by atoms with Crippen molar-refractivity contribution in [3.8, 4) is 0 Å². The van der Waals surface area contributed by atoms with Gasteiger partial charge < -0.3 is 4.74 Å². The second-order valence-corrected chi connectivity index (χ2v) is 6.23. The highest BCUT2D eigenvalue weighted by Crippen LogP contribution is 2.15. The predicted octanol–water partition coefficient (Wildman–Crippen LogP) is 3.32. The average molecular weight is 303 g/mol. The molecule has 1 fully saturated rings. The summed E-state index contributed by atoms with van der Waals surface area (Å²) >= 11 is 7.49. The van der Waals surface area contributed by atoms with Crippen molar-refractivity contribution >= 4 is 22.9 Å². The van der Waals surface area contributed by atoms with Crippen molar-refractivity contribution in [2.24, 2.45) is 0 Å². The van der Waals surface area contributed by atoms with E-state index in [4.69, 9.17) is 16.3 Å². The maximum absolute atomic E-state index is 5.76. The lowest BCUT2D eigenvalue weighted by atomic mass is 10.2. The molecule has 0 aliphatic carbocycles. The van der Waals surface area contributed by atoms with Crippen LogP contribution in [0.25, 0.3) is 0 Å². The third kappa shape index (κ3) is 5.03. The van der Waals surface area contributed by atoms with Crippen molar-refractivity contribution in [1.29, 1.82) is 0 Å². The molecule has 1 unspecified atom stereocenters. The molecule has 0 aromatic carbocycles. The van der Waals surface area contributed by atoms with Crippen LogP contribution in [0.5, 0.6) is 0 Å². The largest absolute Gasteiger partial charge is 0.376 e. The van der Waals surface area contributed by atoms with Crippen LogP contribution in [-0.2, 0) is 17.0 Å². The van der Waals surface area contributed by atoms with Gasteiger partial charge in [-0.25, -0.2) is 4.98 Å². The number of hydrogen-bond acceptors (Lipinski definition) is 4. The SMILES string of the molecule is CCC1CN(CCCCc2nc(CCl)cs2)CCO1. The van der Waals surface area contributed by atoms with Gasteiger partial charge in [0.05, 0.1) is 29.3 Å². The van der Waals surface area contributed by atoms with E-state index in [1.54, 1.807) is 11.3 Å². The molecule has 0 bridgehead atoms. The number of hydrogen-bond donors (Lipinski definition) is 0. The van der Waals surface area contributed by atoms with Crippen molar-refractivity contribution in [2.45, 2.75) is 44.6 Å². The molecule has 0 amide bonds. The van der Waals surface area contributed by atoms with Gasteiger partial charge in [0.15, 0.2) is 0 Å². The standard InChI is InChI=1S/C14H23ClN2OS/c1-2-13-10-17(7-8-18-13)6-4-3-5-14-16-12(9-15)11-19-14/h11,13H,2-10H2,1H3. The molecular formula is C14H23ClN2OS. The maximum atomic E-state index is 5.76. The molecule has 1 aliphatic heterocycles. The summed E-state index contributed by atoms with van der Waals surface area (Å²) in [6.07, 6.45) is 5.11. The van der Waals surface area contributed by atoms with Crippen molar-refractivity contribution in [2.75, 3.05) is 26.2 Å². The minimum Gasteiger partial charge on any atom is -0.376 e. The normalized spacial score (nSPS) is 20.8. The van der Waals surface area contributed by atoms with Crippen LogP contribution in [0.2, 0.25) is 0 Å². The Bertz CT molecular complexity index is 372. The zero-order valence-corrected chi connectivity index (χ0v) is 13.2. The second kappa shape index (κ2) is 8.20. The Balaban J connectivity index is 1.61. The Kier molecular flexibility index (Phi) is 6.57. The van der Waals surface area contributed by atoms with Gasteiger partial charge in [-0.15, -0.1) is 22.9 Å². The van der Waals surface area contributed by atoms with Gasteiger partial charge in [0, 0.05) is 18.5 Å². The summed E-state index contributed by atoms with van der Waals surface area (Å²) in [7, 11) is 0. The molecule has 2 rings (SSSR count). The summed E-state index contributed by atoms with van der Waals surface area (Å²) < 4.78 is 5.69. The van der Waals surface area contributed by atoms with Crippen LogP contribution in [-0.4, -0.2) is 42.2 Å². The monoisotopic (exact) mass is 302 g/mol. The molecule has 0 saturated carbocycles. The van der Waals surface area contributed by atoms with E-state index in [1.165, 1.54) is 24.4 Å². The molecule has 0 N–H and O–H groups in total. The molecule has 19 heavy (non-hydrogen) atoms. The summed E-state index contributed by atoms with van der Waals surface area (Å²) in [5.41, 5.74) is 1.01. The number of morpholine rings is 1. The van der Waals surface area contributed by atoms with Crippen LogP contribution >= 0.6 is 22.9 Å². The van der Waals surface area contributed by atoms with E-state index in [9.17, 15) is 0 Å². The average Bonchev–Trinajstić information content (AvgIpc) is 2.92. The van der Waals surface area contributed by atoms with Crippen LogP contribution in [0.3, 0.4) is 0 Å². The minimum absolute atomic E-state index is 0.444. The second-order valence-electron chi connectivity index (χ2n) is 5.02. The van der Waals surface area contributed by atoms with Crippen LogP contribution in [0.15, 0.2) is 5.38 Å². The molecule has 108 valence electrons. The molecule has 2 heterocycles. The smallest absolute Gasteiger partial charge is 0.0928 e. The van der Waals surface area contributed by atoms with Gasteiger partial charge in [-0.1, -0.05) is 6.92 Å². The fourth-order valence-corrected chi connectivity index (χ4v) is 3.44. The highest BCUT2D eigenvalue weighted by Gasteiger charge is 2.18. The van der Waals surface area contributed by atoms with E-state index in [1.807, 2.05) is 0 Å². The quantitative estimate of drug-likeness (QED) is 0.571. The fourth-order valence-electron chi connectivity index (χ4n) is 2.37. The third-order valence-electron chi connectivity index (χ3n) is 3.53. The number of unbranched alkanes of at least 4 members (excludes halogenated alkanes) is 1. The molecule has 1 aromatic rings. The van der Waals surface area contributed by atoms with Crippen LogP contribution in [0.1, 0.15) is 36.9 Å². The van der Waals surface area contributed by atoms with Crippen molar-refractivity contribution in [3.05, 3.63) is 16.1 Å². The van der Waals surface area contributed by atoms with Gasteiger partial charge in [0.2, 0.25) is 0 Å². The molecule has 0 radical (unpaired) electrons. The summed E-state index contributed by atoms with van der Waals surface area (Å²) in [4.78, 5) is 7.02. The number of halogens is 1. The summed E-state index contributed by atoms with van der Waals surface area (Å²) in [6, 6.07) is 0. The molecular weight excluding hydrogens is 280 g/mol. The van der Waals surface area contributed by atoms with E-state index >= 15 is 0 Å². The van der Waals surface area contributed by atoms with E-state index in [0.717, 1.165) is 38.2 Å². The van der Waals surface area contributed by atoms with E-state index < -0.39 is 0 Å². The summed E-state index contributed by atoms with van der Waals surface area (Å²) in [6.45, 7) is 6.47. The van der Waals surface area contributed by atoms with Crippen molar-refractivity contribution in [1.82, 2.24) is 9.88 Å². The van der Waals surface area contributed by atoms with Gasteiger partial charge in [-0.05, 0) is 32.2 Å². The Morgan fingerprint density at radius 3 is 3.16 bits per heavy atom. The first-order chi connectivity index (χ1) is 9.31. The first-order valence-corrected chi connectivity index (χ1v) is 8.56. The maximum Gasteiger partial charge on any atom is 0.0928 e. The number of nitrogens with zero attached hydrogens (tertiary/aromatic N) is 2. The molecule has 1 saturated heterocycles. The highest BCUT2D eigenvalue weighted by molar-refractivity contribution is 7.09. The number of aromatic nitrogens is 1. The van der Waals surface area contributed by atoms with E-state index in [2.05, 4.69) is 22.2 Å². The predicted molar refractivity (Wildman–Crippen MR) is 81.1 cm³/mol. The zero-order valence-electron chi connectivity index (χ0n) is 11.6. The van der Waals surface area contributed by atoms with E-state index in [0.29, 0.717) is 12.0 Å². The van der Waals surface area contributed by atoms with E-state index in [-0.39, 0.29) is 0 Å². The van der Waals surface area contributed by atoms with Crippen LogP contribution in [0.4, 0.5) is 0 Å².